The zero-order valence-electron chi connectivity index (χ0n) is 18.2. The van der Waals surface area contributed by atoms with Crippen molar-refractivity contribution in [2.24, 2.45) is 11.3 Å². The Balaban J connectivity index is 1.97. The molecule has 0 spiro atoms. The molecular weight excluding hydrogens is 348 g/mol. The molecule has 0 aliphatic heterocycles. The van der Waals surface area contributed by atoms with Gasteiger partial charge in [0, 0.05) is 0 Å². The number of benzene rings is 3. The van der Waals surface area contributed by atoms with Gasteiger partial charge in [0.15, 0.2) is 0 Å². The number of rotatable bonds is 11. The summed E-state index contributed by atoms with van der Waals surface area (Å²) in [5, 5.41) is 0. The van der Waals surface area contributed by atoms with Gasteiger partial charge in [-0.05, 0) is 60.1 Å². The first-order valence-corrected chi connectivity index (χ1v) is 11.4. The Morgan fingerprint density at radius 1 is 0.621 bits per heavy atom. The summed E-state index contributed by atoms with van der Waals surface area (Å²) in [6.45, 7) is 4.74. The van der Waals surface area contributed by atoms with Gasteiger partial charge in [-0.3, -0.25) is 0 Å². The minimum atomic E-state index is 0.322. The summed E-state index contributed by atoms with van der Waals surface area (Å²) in [4.78, 5) is 0. The normalized spacial score (nSPS) is 13.3. The molecule has 0 radical (unpaired) electrons. The molecule has 29 heavy (non-hydrogen) atoms. The smallest absolute Gasteiger partial charge is 0.0219 e. The Morgan fingerprint density at radius 3 is 1.48 bits per heavy atom. The molecule has 152 valence electrons. The number of hydrogen-bond acceptors (Lipinski definition) is 0. The van der Waals surface area contributed by atoms with Gasteiger partial charge < -0.3 is 0 Å². The molecule has 0 saturated heterocycles. The molecule has 0 amide bonds. The van der Waals surface area contributed by atoms with E-state index in [4.69, 9.17) is 0 Å². The monoisotopic (exact) mass is 384 g/mol. The summed E-state index contributed by atoms with van der Waals surface area (Å²) >= 11 is 0. The summed E-state index contributed by atoms with van der Waals surface area (Å²) < 4.78 is 0. The van der Waals surface area contributed by atoms with Gasteiger partial charge >= 0.3 is 0 Å². The van der Waals surface area contributed by atoms with Crippen molar-refractivity contribution in [1.29, 1.82) is 0 Å². The lowest BCUT2D eigenvalue weighted by Crippen LogP contribution is -2.35. The molecule has 0 nitrogen and oxygen atoms in total. The molecule has 1 atom stereocenters. The van der Waals surface area contributed by atoms with E-state index >= 15 is 0 Å². The second-order valence-electron chi connectivity index (χ2n) is 8.56. The van der Waals surface area contributed by atoms with Gasteiger partial charge in [-0.25, -0.2) is 0 Å². The van der Waals surface area contributed by atoms with E-state index in [1.807, 2.05) is 0 Å². The van der Waals surface area contributed by atoms with Crippen LogP contribution in [0.4, 0.5) is 0 Å². The van der Waals surface area contributed by atoms with Crippen molar-refractivity contribution < 1.29 is 0 Å². The Bertz CT molecular complexity index is 765. The lowest BCUT2D eigenvalue weighted by atomic mass is 9.63. The van der Waals surface area contributed by atoms with E-state index in [1.54, 1.807) is 0 Å². The maximum Gasteiger partial charge on any atom is -0.0219 e. The van der Waals surface area contributed by atoms with Crippen molar-refractivity contribution >= 4 is 0 Å². The van der Waals surface area contributed by atoms with Crippen molar-refractivity contribution in [3.63, 3.8) is 0 Å². The van der Waals surface area contributed by atoms with Crippen LogP contribution in [-0.4, -0.2) is 0 Å². The number of unbranched alkanes of at least 4 members (excludes halogenated alkanes) is 1. The molecule has 3 rings (SSSR count). The lowest BCUT2D eigenvalue weighted by Gasteiger charge is -2.42. The van der Waals surface area contributed by atoms with Crippen LogP contribution in [0.2, 0.25) is 0 Å². The second-order valence-corrected chi connectivity index (χ2v) is 8.56. The molecule has 0 N–H and O–H groups in total. The topological polar surface area (TPSA) is 0 Å². The molecule has 0 fully saturated rings. The number of hydrogen-bond donors (Lipinski definition) is 0. The molecule has 3 aromatic rings. The first-order valence-electron chi connectivity index (χ1n) is 11.4. The van der Waals surface area contributed by atoms with E-state index in [2.05, 4.69) is 105 Å². The van der Waals surface area contributed by atoms with Gasteiger partial charge in [0.05, 0.1) is 0 Å². The summed E-state index contributed by atoms with van der Waals surface area (Å²) in [5.41, 5.74) is 4.74. The van der Waals surface area contributed by atoms with Crippen LogP contribution < -0.4 is 0 Å². The Labute approximate surface area is 178 Å². The molecule has 0 saturated carbocycles. The van der Waals surface area contributed by atoms with Crippen molar-refractivity contribution in [1.82, 2.24) is 0 Å². The maximum atomic E-state index is 2.42. The minimum absolute atomic E-state index is 0.322. The van der Waals surface area contributed by atoms with E-state index < -0.39 is 0 Å². The molecule has 0 heterocycles. The summed E-state index contributed by atoms with van der Waals surface area (Å²) in [6, 6.07) is 33.4. The highest BCUT2D eigenvalue weighted by Gasteiger charge is 2.36. The third-order valence-electron chi connectivity index (χ3n) is 6.65. The summed E-state index contributed by atoms with van der Waals surface area (Å²) in [5.74, 6) is 0.629. The van der Waals surface area contributed by atoms with Crippen LogP contribution in [-0.2, 0) is 19.3 Å². The second kappa shape index (κ2) is 11.0. The van der Waals surface area contributed by atoms with Crippen LogP contribution in [0.5, 0.6) is 0 Å². The van der Waals surface area contributed by atoms with Gasteiger partial charge in [-0.1, -0.05) is 118 Å². The molecule has 0 heteroatoms. The van der Waals surface area contributed by atoms with E-state index in [0.717, 1.165) is 12.8 Å². The fourth-order valence-corrected chi connectivity index (χ4v) is 4.86. The highest BCUT2D eigenvalue weighted by molar-refractivity contribution is 5.22. The fourth-order valence-electron chi connectivity index (χ4n) is 4.86. The van der Waals surface area contributed by atoms with Crippen molar-refractivity contribution in [2.75, 3.05) is 0 Å². The van der Waals surface area contributed by atoms with Crippen LogP contribution >= 0.6 is 0 Å². The zero-order chi connectivity index (χ0) is 20.4. The highest BCUT2D eigenvalue weighted by Crippen LogP contribution is 2.44. The molecule has 0 aromatic heterocycles. The first kappa shape index (κ1) is 21.4. The quantitative estimate of drug-likeness (QED) is 0.315. The minimum Gasteiger partial charge on any atom is -0.0654 e. The Hall–Kier alpha value is -2.34. The largest absolute Gasteiger partial charge is 0.0654 e. The van der Waals surface area contributed by atoms with E-state index in [1.165, 1.54) is 48.8 Å². The Kier molecular flexibility index (Phi) is 8.11. The van der Waals surface area contributed by atoms with Crippen LogP contribution in [0.1, 0.15) is 56.2 Å². The third kappa shape index (κ3) is 6.07. The van der Waals surface area contributed by atoms with E-state index in [9.17, 15) is 0 Å². The van der Waals surface area contributed by atoms with Gasteiger partial charge in [0.25, 0.3) is 0 Å². The molecule has 0 bridgehead atoms. The molecule has 0 aliphatic rings. The van der Waals surface area contributed by atoms with Crippen LogP contribution in [0.15, 0.2) is 91.0 Å². The van der Waals surface area contributed by atoms with Gasteiger partial charge in [-0.15, -0.1) is 0 Å². The van der Waals surface area contributed by atoms with Crippen molar-refractivity contribution in [3.05, 3.63) is 108 Å². The predicted molar refractivity (Wildman–Crippen MR) is 126 cm³/mol. The molecular formula is C29H36. The van der Waals surface area contributed by atoms with Gasteiger partial charge in [0.1, 0.15) is 0 Å². The van der Waals surface area contributed by atoms with Crippen LogP contribution in [0, 0.1) is 11.3 Å². The highest BCUT2D eigenvalue weighted by atomic mass is 14.4. The van der Waals surface area contributed by atoms with E-state index in [-0.39, 0.29) is 0 Å². The van der Waals surface area contributed by atoms with Gasteiger partial charge in [-0.2, -0.15) is 0 Å². The van der Waals surface area contributed by atoms with Gasteiger partial charge in [0.2, 0.25) is 0 Å². The SMILES string of the molecule is CCCCC(CC)(Cc1ccccc1)C(Cc1ccccc1)Cc1ccccc1. The first-order chi connectivity index (χ1) is 14.3. The average molecular weight is 385 g/mol. The molecule has 0 aliphatic carbocycles. The maximum absolute atomic E-state index is 2.42. The molecule has 3 aromatic carbocycles. The summed E-state index contributed by atoms with van der Waals surface area (Å²) in [7, 11) is 0. The molecule has 1 unspecified atom stereocenters. The zero-order valence-corrected chi connectivity index (χ0v) is 18.2. The van der Waals surface area contributed by atoms with Crippen LogP contribution in [0.3, 0.4) is 0 Å². The van der Waals surface area contributed by atoms with Crippen molar-refractivity contribution in [2.45, 2.75) is 58.8 Å². The van der Waals surface area contributed by atoms with E-state index in [0.29, 0.717) is 11.3 Å². The average Bonchev–Trinajstić information content (AvgIpc) is 2.78. The standard InChI is InChI=1S/C29H36/c1-3-5-21-29(4-2,24-27-19-13-8-14-20-27)28(22-25-15-9-6-10-16-25)23-26-17-11-7-12-18-26/h6-20,28H,3-5,21-24H2,1-2H3. The van der Waals surface area contributed by atoms with Crippen LogP contribution in [0.25, 0.3) is 0 Å². The van der Waals surface area contributed by atoms with Crippen molar-refractivity contribution in [3.8, 4) is 0 Å². The third-order valence-corrected chi connectivity index (χ3v) is 6.65. The fraction of sp³-hybridized carbons (Fsp3) is 0.379. The predicted octanol–water partition coefficient (Wildman–Crippen LogP) is 7.92. The summed E-state index contributed by atoms with van der Waals surface area (Å²) in [6.07, 6.45) is 8.58. The lowest BCUT2D eigenvalue weighted by molar-refractivity contribution is 0.127. The Morgan fingerprint density at radius 2 is 1.07 bits per heavy atom.